The molecule has 34 heavy (non-hydrogen) atoms. The van der Waals surface area contributed by atoms with Gasteiger partial charge in [0, 0.05) is 23.2 Å². The van der Waals surface area contributed by atoms with Crippen LogP contribution in [0, 0.1) is 0 Å². The van der Waals surface area contributed by atoms with E-state index in [-0.39, 0.29) is 24.0 Å². The molecule has 0 radical (unpaired) electrons. The monoisotopic (exact) mass is 477 g/mol. The lowest BCUT2D eigenvalue weighted by atomic mass is 10.2. The van der Waals surface area contributed by atoms with Crippen LogP contribution in [0.2, 0.25) is 0 Å². The molecule has 0 aliphatic heterocycles. The number of anilines is 1. The summed E-state index contributed by atoms with van der Waals surface area (Å²) >= 11 is 1.46. The molecule has 0 bridgehead atoms. The maximum atomic E-state index is 12.5. The van der Waals surface area contributed by atoms with Crippen molar-refractivity contribution < 1.29 is 23.5 Å². The van der Waals surface area contributed by atoms with Crippen molar-refractivity contribution in [2.75, 3.05) is 19.5 Å². The number of hydrogen-bond acceptors (Lipinski definition) is 7. The van der Waals surface area contributed by atoms with Crippen LogP contribution in [0.5, 0.6) is 11.5 Å². The van der Waals surface area contributed by atoms with Crippen molar-refractivity contribution in [1.82, 2.24) is 10.3 Å². The van der Waals surface area contributed by atoms with Gasteiger partial charge in [0.15, 0.2) is 17.3 Å². The van der Waals surface area contributed by atoms with Gasteiger partial charge in [-0.05, 0) is 48.0 Å². The third-order valence-corrected chi connectivity index (χ3v) is 5.88. The molecule has 2 aromatic carbocycles. The lowest BCUT2D eigenvalue weighted by molar-refractivity contribution is -0.120. The van der Waals surface area contributed by atoms with Crippen LogP contribution in [-0.4, -0.2) is 31.0 Å². The fourth-order valence-electron chi connectivity index (χ4n) is 3.28. The van der Waals surface area contributed by atoms with E-state index in [0.29, 0.717) is 29.4 Å². The van der Waals surface area contributed by atoms with Crippen LogP contribution in [0.4, 0.5) is 5.69 Å². The molecular formula is C25H23N3O5S. The molecule has 0 fully saturated rings. The Hall–Kier alpha value is -4.11. The third-order valence-electron chi connectivity index (χ3n) is 4.94. The van der Waals surface area contributed by atoms with E-state index in [0.717, 1.165) is 16.1 Å². The maximum Gasteiger partial charge on any atom is 0.291 e. The number of nitrogens with zero attached hydrogens (tertiary/aromatic N) is 1. The van der Waals surface area contributed by atoms with E-state index >= 15 is 0 Å². The van der Waals surface area contributed by atoms with Gasteiger partial charge < -0.3 is 24.5 Å². The second-order valence-corrected chi connectivity index (χ2v) is 8.16. The van der Waals surface area contributed by atoms with E-state index in [1.807, 2.05) is 35.7 Å². The molecule has 0 atom stereocenters. The number of methoxy groups -OCH3 is 2. The van der Waals surface area contributed by atoms with E-state index in [1.54, 1.807) is 38.5 Å². The lowest BCUT2D eigenvalue weighted by Gasteiger charge is -2.08. The number of thiazole rings is 1. The minimum absolute atomic E-state index is 0.144. The molecule has 2 N–H and O–H groups in total. The van der Waals surface area contributed by atoms with Crippen molar-refractivity contribution >= 4 is 28.8 Å². The van der Waals surface area contributed by atoms with Gasteiger partial charge in [-0.15, -0.1) is 11.3 Å². The number of amides is 2. The summed E-state index contributed by atoms with van der Waals surface area (Å²) in [5, 5.41) is 8.34. The van der Waals surface area contributed by atoms with Crippen LogP contribution in [0.3, 0.4) is 0 Å². The highest BCUT2D eigenvalue weighted by atomic mass is 32.1. The van der Waals surface area contributed by atoms with E-state index in [4.69, 9.17) is 13.9 Å². The zero-order valence-electron chi connectivity index (χ0n) is 18.7. The number of carbonyl (C=O) groups is 2. The summed E-state index contributed by atoms with van der Waals surface area (Å²) in [4.78, 5) is 29.2. The van der Waals surface area contributed by atoms with Crippen LogP contribution in [0.1, 0.15) is 21.8 Å². The van der Waals surface area contributed by atoms with E-state index in [9.17, 15) is 9.59 Å². The highest BCUT2D eigenvalue weighted by molar-refractivity contribution is 7.13. The first-order valence-electron chi connectivity index (χ1n) is 10.4. The molecule has 8 nitrogen and oxygen atoms in total. The SMILES string of the molecule is COc1ccc(-c2nc(CC(=O)NCc3cccc(NC(=O)c4ccco4)c3)cs2)cc1OC. The van der Waals surface area contributed by atoms with Gasteiger partial charge in [0.1, 0.15) is 5.01 Å². The fourth-order valence-corrected chi connectivity index (χ4v) is 4.09. The molecule has 0 saturated heterocycles. The minimum Gasteiger partial charge on any atom is -0.493 e. The Bertz CT molecular complexity index is 1280. The molecule has 0 aliphatic rings. The summed E-state index contributed by atoms with van der Waals surface area (Å²) in [7, 11) is 3.17. The van der Waals surface area contributed by atoms with Crippen LogP contribution < -0.4 is 20.1 Å². The third kappa shape index (κ3) is 5.62. The van der Waals surface area contributed by atoms with E-state index in [2.05, 4.69) is 15.6 Å². The summed E-state index contributed by atoms with van der Waals surface area (Å²) in [6, 6.07) is 16.1. The predicted molar refractivity (Wildman–Crippen MR) is 129 cm³/mol. The van der Waals surface area contributed by atoms with Crippen molar-refractivity contribution in [3.8, 4) is 22.1 Å². The van der Waals surface area contributed by atoms with Crippen molar-refractivity contribution in [3.05, 3.63) is 83.3 Å². The zero-order valence-corrected chi connectivity index (χ0v) is 19.5. The molecule has 0 aliphatic carbocycles. The van der Waals surface area contributed by atoms with Gasteiger partial charge in [0.25, 0.3) is 5.91 Å². The summed E-state index contributed by atoms with van der Waals surface area (Å²) in [5.41, 5.74) is 3.05. The first kappa shape index (κ1) is 23.1. The molecule has 9 heteroatoms. The Balaban J connectivity index is 1.33. The minimum atomic E-state index is -0.333. The molecule has 0 spiro atoms. The van der Waals surface area contributed by atoms with Crippen LogP contribution in [0.25, 0.3) is 10.6 Å². The van der Waals surface area contributed by atoms with Crippen LogP contribution >= 0.6 is 11.3 Å². The van der Waals surface area contributed by atoms with Gasteiger partial charge in [0.2, 0.25) is 5.91 Å². The molecule has 0 saturated carbocycles. The van der Waals surface area contributed by atoms with Crippen LogP contribution in [-0.2, 0) is 17.8 Å². The number of furan rings is 1. The number of hydrogen-bond donors (Lipinski definition) is 2. The molecule has 2 heterocycles. The Morgan fingerprint density at radius 3 is 2.65 bits per heavy atom. The molecular weight excluding hydrogens is 454 g/mol. The topological polar surface area (TPSA) is 103 Å². The van der Waals surface area contributed by atoms with Crippen molar-refractivity contribution in [2.24, 2.45) is 0 Å². The zero-order chi connectivity index (χ0) is 23.9. The quantitative estimate of drug-likeness (QED) is 0.367. The number of rotatable bonds is 9. The second kappa shape index (κ2) is 10.7. The fraction of sp³-hybridized carbons (Fsp3) is 0.160. The van der Waals surface area contributed by atoms with Gasteiger partial charge >= 0.3 is 0 Å². The summed E-state index contributed by atoms with van der Waals surface area (Å²) < 4.78 is 15.7. The Morgan fingerprint density at radius 1 is 1.03 bits per heavy atom. The molecule has 4 aromatic rings. The number of ether oxygens (including phenoxy) is 2. The largest absolute Gasteiger partial charge is 0.493 e. The molecule has 174 valence electrons. The number of benzene rings is 2. The van der Waals surface area contributed by atoms with Crippen molar-refractivity contribution in [1.29, 1.82) is 0 Å². The van der Waals surface area contributed by atoms with E-state index < -0.39 is 0 Å². The highest BCUT2D eigenvalue weighted by Crippen LogP contribution is 2.33. The Morgan fingerprint density at radius 2 is 1.88 bits per heavy atom. The molecule has 0 unspecified atom stereocenters. The summed E-state index contributed by atoms with van der Waals surface area (Å²) in [6.07, 6.45) is 1.61. The highest BCUT2D eigenvalue weighted by Gasteiger charge is 2.12. The van der Waals surface area contributed by atoms with Gasteiger partial charge in [-0.1, -0.05) is 12.1 Å². The summed E-state index contributed by atoms with van der Waals surface area (Å²) in [5.74, 6) is 1.02. The van der Waals surface area contributed by atoms with Gasteiger partial charge in [-0.2, -0.15) is 0 Å². The van der Waals surface area contributed by atoms with Crippen LogP contribution in [0.15, 0.2) is 70.7 Å². The van der Waals surface area contributed by atoms with Crippen molar-refractivity contribution in [3.63, 3.8) is 0 Å². The standard InChI is InChI=1S/C25H23N3O5S/c1-31-20-9-8-17(12-22(20)32-2)25-28-19(15-34-25)13-23(29)26-14-16-5-3-6-18(11-16)27-24(30)21-7-4-10-33-21/h3-12,15H,13-14H2,1-2H3,(H,26,29)(H,27,30). The average molecular weight is 478 g/mol. The Labute approximate surface area is 200 Å². The normalized spacial score (nSPS) is 10.5. The number of nitrogens with one attached hydrogen (secondary N) is 2. The summed E-state index contributed by atoms with van der Waals surface area (Å²) in [6.45, 7) is 0.329. The van der Waals surface area contributed by atoms with Gasteiger partial charge in [-0.3, -0.25) is 9.59 Å². The number of carbonyl (C=O) groups excluding carboxylic acids is 2. The van der Waals surface area contributed by atoms with Gasteiger partial charge in [0.05, 0.1) is 32.6 Å². The van der Waals surface area contributed by atoms with E-state index in [1.165, 1.54) is 17.6 Å². The number of aromatic nitrogens is 1. The lowest BCUT2D eigenvalue weighted by Crippen LogP contribution is -2.24. The first-order valence-corrected chi connectivity index (χ1v) is 11.3. The average Bonchev–Trinajstić information content (AvgIpc) is 3.55. The smallest absolute Gasteiger partial charge is 0.291 e. The Kier molecular flexibility index (Phi) is 7.24. The first-order chi connectivity index (χ1) is 16.6. The van der Waals surface area contributed by atoms with Gasteiger partial charge in [-0.25, -0.2) is 4.98 Å². The molecule has 4 rings (SSSR count). The molecule has 2 amide bonds. The second-order valence-electron chi connectivity index (χ2n) is 7.30. The predicted octanol–water partition coefficient (Wildman–Crippen LogP) is 4.53. The molecule has 2 aromatic heterocycles. The van der Waals surface area contributed by atoms with Crippen molar-refractivity contribution in [2.45, 2.75) is 13.0 Å². The maximum absolute atomic E-state index is 12.5.